The third-order valence-corrected chi connectivity index (χ3v) is 8.59. The Kier molecular flexibility index (Phi) is 7.85. The molecule has 0 saturated carbocycles. The summed E-state index contributed by atoms with van der Waals surface area (Å²) in [4.78, 5) is 11.9. The number of esters is 1. The van der Waals surface area contributed by atoms with Crippen molar-refractivity contribution in [1.29, 1.82) is 0 Å². The number of rotatable bonds is 8. The molecule has 2 unspecified atom stereocenters. The lowest BCUT2D eigenvalue weighted by atomic mass is 9.98. The highest BCUT2D eigenvalue weighted by Crippen LogP contribution is 2.44. The Labute approximate surface area is 214 Å². The average molecular weight is 533 g/mol. The summed E-state index contributed by atoms with van der Waals surface area (Å²) in [5.41, 5.74) is 1.48. The van der Waals surface area contributed by atoms with Gasteiger partial charge in [0.1, 0.15) is 30.0 Å². The molecular formula is C27H26ClFO6S. The number of sulfone groups is 1. The molecule has 36 heavy (non-hydrogen) atoms. The van der Waals surface area contributed by atoms with Gasteiger partial charge in [-0.1, -0.05) is 29.8 Å². The Morgan fingerprint density at radius 3 is 2.64 bits per heavy atom. The first kappa shape index (κ1) is 26.0. The predicted molar refractivity (Wildman–Crippen MR) is 134 cm³/mol. The second-order valence-corrected chi connectivity index (χ2v) is 11.2. The van der Waals surface area contributed by atoms with Crippen LogP contribution in [0.5, 0.6) is 11.5 Å². The summed E-state index contributed by atoms with van der Waals surface area (Å²) in [6, 6.07) is 16.0. The van der Waals surface area contributed by atoms with Gasteiger partial charge < -0.3 is 14.2 Å². The van der Waals surface area contributed by atoms with E-state index in [1.807, 2.05) is 13.0 Å². The smallest absolute Gasteiger partial charge is 0.305 e. The van der Waals surface area contributed by atoms with Gasteiger partial charge in [0.05, 0.1) is 22.3 Å². The number of hydrogen-bond donors (Lipinski definition) is 0. The molecule has 4 rings (SSSR count). The number of benzene rings is 3. The quantitative estimate of drug-likeness (QED) is 0.332. The number of carbonyl (C=O) groups excluding carboxylic acids is 1. The van der Waals surface area contributed by atoms with Crippen LogP contribution in [-0.4, -0.2) is 27.6 Å². The highest BCUT2D eigenvalue weighted by Gasteiger charge is 2.38. The summed E-state index contributed by atoms with van der Waals surface area (Å²) in [6.07, 6.45) is 0.0853. The largest absolute Gasteiger partial charge is 0.490 e. The van der Waals surface area contributed by atoms with Crippen LogP contribution in [-0.2, 0) is 26.0 Å². The molecule has 0 saturated heterocycles. The summed E-state index contributed by atoms with van der Waals surface area (Å²) < 4.78 is 58.3. The average Bonchev–Trinajstić information content (AvgIpc) is 2.86. The van der Waals surface area contributed by atoms with Crippen LogP contribution >= 0.6 is 11.6 Å². The third-order valence-electron chi connectivity index (χ3n) is 6.13. The zero-order valence-electron chi connectivity index (χ0n) is 19.9. The van der Waals surface area contributed by atoms with E-state index in [1.165, 1.54) is 19.2 Å². The Bertz CT molecular complexity index is 1350. The maximum atomic E-state index is 14.2. The van der Waals surface area contributed by atoms with E-state index in [2.05, 4.69) is 0 Å². The monoisotopic (exact) mass is 532 g/mol. The van der Waals surface area contributed by atoms with Gasteiger partial charge in [0.25, 0.3) is 0 Å². The van der Waals surface area contributed by atoms with Crippen molar-refractivity contribution in [3.05, 3.63) is 88.2 Å². The van der Waals surface area contributed by atoms with E-state index in [0.29, 0.717) is 23.5 Å². The van der Waals surface area contributed by atoms with Crippen molar-refractivity contribution >= 4 is 27.4 Å². The predicted octanol–water partition coefficient (Wildman–Crippen LogP) is 5.99. The van der Waals surface area contributed by atoms with Crippen molar-refractivity contribution in [3.63, 3.8) is 0 Å². The van der Waals surface area contributed by atoms with Crippen LogP contribution in [0.25, 0.3) is 0 Å². The summed E-state index contributed by atoms with van der Waals surface area (Å²) >= 11 is 6.10. The standard InChI is InChI=1S/C27H26ClFO6S/c1-17-5-3-6-20(13-17)36(31,32)26-15-19(10-12-27(30)33-2)35-25-11-9-18(14-21(25)26)34-16-22-23(28)7-4-8-24(22)29/h3-9,11,13-14,19,26H,10,12,15-16H2,1-2H3. The molecule has 0 spiro atoms. The normalized spacial score (nSPS) is 17.1. The van der Waals surface area contributed by atoms with Gasteiger partial charge in [0.15, 0.2) is 9.84 Å². The molecule has 190 valence electrons. The number of methoxy groups -OCH3 is 1. The Morgan fingerprint density at radius 1 is 1.14 bits per heavy atom. The van der Waals surface area contributed by atoms with Gasteiger partial charge in [-0.3, -0.25) is 4.79 Å². The van der Waals surface area contributed by atoms with Crippen LogP contribution in [0, 0.1) is 12.7 Å². The summed E-state index contributed by atoms with van der Waals surface area (Å²) in [6.45, 7) is 1.71. The van der Waals surface area contributed by atoms with Gasteiger partial charge in [-0.05, 0) is 61.4 Å². The zero-order valence-corrected chi connectivity index (χ0v) is 21.4. The number of fused-ring (bicyclic) bond motifs is 1. The van der Waals surface area contributed by atoms with Crippen molar-refractivity contribution in [3.8, 4) is 11.5 Å². The molecule has 3 aromatic carbocycles. The molecule has 3 aromatic rings. The minimum Gasteiger partial charge on any atom is -0.490 e. The summed E-state index contributed by atoms with van der Waals surface area (Å²) in [5.74, 6) is -0.127. The van der Waals surface area contributed by atoms with Crippen LogP contribution < -0.4 is 9.47 Å². The Balaban J connectivity index is 1.67. The molecule has 0 aromatic heterocycles. The zero-order chi connectivity index (χ0) is 25.9. The fourth-order valence-corrected chi connectivity index (χ4v) is 6.35. The lowest BCUT2D eigenvalue weighted by molar-refractivity contribution is -0.141. The van der Waals surface area contributed by atoms with Gasteiger partial charge in [0, 0.05) is 24.0 Å². The van der Waals surface area contributed by atoms with Crippen molar-refractivity contribution in [1.82, 2.24) is 0 Å². The minimum absolute atomic E-state index is 0.109. The molecule has 0 fully saturated rings. The molecular weight excluding hydrogens is 507 g/mol. The number of carbonyl (C=O) groups is 1. The number of hydrogen-bond acceptors (Lipinski definition) is 6. The topological polar surface area (TPSA) is 78.9 Å². The molecule has 6 nitrogen and oxygen atoms in total. The van der Waals surface area contributed by atoms with Gasteiger partial charge in [-0.15, -0.1) is 0 Å². The van der Waals surface area contributed by atoms with Crippen molar-refractivity contribution in [2.24, 2.45) is 0 Å². The van der Waals surface area contributed by atoms with Crippen LogP contribution in [0.1, 0.15) is 41.2 Å². The molecule has 0 bridgehead atoms. The fraction of sp³-hybridized carbons (Fsp3) is 0.296. The number of aryl methyl sites for hydroxylation is 1. The summed E-state index contributed by atoms with van der Waals surface area (Å²) in [7, 11) is -2.50. The van der Waals surface area contributed by atoms with Crippen LogP contribution in [0.2, 0.25) is 5.02 Å². The molecule has 1 heterocycles. The van der Waals surface area contributed by atoms with E-state index in [-0.39, 0.29) is 34.9 Å². The molecule has 0 radical (unpaired) electrons. The van der Waals surface area contributed by atoms with Gasteiger partial charge in [-0.25, -0.2) is 12.8 Å². The van der Waals surface area contributed by atoms with E-state index in [4.69, 9.17) is 25.8 Å². The van der Waals surface area contributed by atoms with Gasteiger partial charge in [-0.2, -0.15) is 0 Å². The second-order valence-electron chi connectivity index (χ2n) is 8.63. The maximum absolute atomic E-state index is 14.2. The minimum atomic E-state index is -3.81. The highest BCUT2D eigenvalue weighted by molar-refractivity contribution is 7.91. The van der Waals surface area contributed by atoms with Crippen molar-refractivity contribution in [2.75, 3.05) is 7.11 Å². The van der Waals surface area contributed by atoms with Crippen LogP contribution in [0.3, 0.4) is 0 Å². The van der Waals surface area contributed by atoms with Crippen molar-refractivity contribution in [2.45, 2.75) is 49.0 Å². The number of halogens is 2. The highest BCUT2D eigenvalue weighted by atomic mass is 35.5. The van der Waals surface area contributed by atoms with E-state index >= 15 is 0 Å². The molecule has 1 aliphatic rings. The van der Waals surface area contributed by atoms with Gasteiger partial charge in [0.2, 0.25) is 0 Å². The maximum Gasteiger partial charge on any atom is 0.305 e. The van der Waals surface area contributed by atoms with E-state index in [0.717, 1.165) is 5.56 Å². The van der Waals surface area contributed by atoms with Crippen LogP contribution in [0.4, 0.5) is 4.39 Å². The molecule has 0 N–H and O–H groups in total. The van der Waals surface area contributed by atoms with Gasteiger partial charge >= 0.3 is 5.97 Å². The Morgan fingerprint density at radius 2 is 1.92 bits per heavy atom. The lowest BCUT2D eigenvalue weighted by Crippen LogP contribution is -2.30. The van der Waals surface area contributed by atoms with Crippen molar-refractivity contribution < 1.29 is 31.8 Å². The van der Waals surface area contributed by atoms with Crippen LogP contribution in [0.15, 0.2) is 65.6 Å². The fourth-order valence-electron chi connectivity index (χ4n) is 4.20. The van der Waals surface area contributed by atoms with E-state index < -0.39 is 33.0 Å². The summed E-state index contributed by atoms with van der Waals surface area (Å²) in [5, 5.41) is -0.684. The number of ether oxygens (including phenoxy) is 3. The first-order valence-electron chi connectivity index (χ1n) is 11.4. The first-order valence-corrected chi connectivity index (χ1v) is 13.3. The second kappa shape index (κ2) is 10.9. The first-order chi connectivity index (χ1) is 17.2. The molecule has 2 atom stereocenters. The lowest BCUT2D eigenvalue weighted by Gasteiger charge is -2.32. The third kappa shape index (κ3) is 5.65. The SMILES string of the molecule is COC(=O)CCC1CC(S(=O)(=O)c2cccc(C)c2)c2cc(OCc3c(F)cccc3Cl)ccc2O1. The van der Waals surface area contributed by atoms with E-state index in [1.54, 1.807) is 42.5 Å². The van der Waals surface area contributed by atoms with E-state index in [9.17, 15) is 17.6 Å². The molecule has 0 aliphatic carbocycles. The molecule has 9 heteroatoms. The molecule has 0 amide bonds. The Hall–Kier alpha value is -3.10. The molecule has 1 aliphatic heterocycles.